The van der Waals surface area contributed by atoms with Crippen LogP contribution in [0.2, 0.25) is 5.02 Å². The van der Waals surface area contributed by atoms with Gasteiger partial charge in [0.25, 0.3) is 0 Å². The zero-order valence-electron chi connectivity index (χ0n) is 11.1. The van der Waals surface area contributed by atoms with Crippen LogP contribution in [-0.2, 0) is 12.8 Å². The third kappa shape index (κ3) is 3.79. The van der Waals surface area contributed by atoms with E-state index in [2.05, 4.69) is 9.98 Å². The van der Waals surface area contributed by atoms with Crippen molar-refractivity contribution < 1.29 is 9.90 Å². The van der Waals surface area contributed by atoms with Crippen molar-refractivity contribution in [1.82, 2.24) is 4.98 Å². The molecule has 0 saturated carbocycles. The average molecular weight is 304 g/mol. The summed E-state index contributed by atoms with van der Waals surface area (Å²) in [7, 11) is 0. The van der Waals surface area contributed by atoms with Gasteiger partial charge in [0.15, 0.2) is 0 Å². The molecule has 0 spiro atoms. The van der Waals surface area contributed by atoms with E-state index in [9.17, 15) is 4.79 Å². The van der Waals surface area contributed by atoms with E-state index in [1.54, 1.807) is 6.07 Å². The summed E-state index contributed by atoms with van der Waals surface area (Å²) in [6.07, 6.45) is 2.25. The van der Waals surface area contributed by atoms with Crippen molar-refractivity contribution in [3.63, 3.8) is 0 Å². The van der Waals surface area contributed by atoms with Crippen molar-refractivity contribution in [2.75, 3.05) is 0 Å². The molecular formula is C15H14ClN3O2. The predicted octanol–water partition coefficient (Wildman–Crippen LogP) is 2.66. The number of pyridine rings is 1. The zero-order valence-corrected chi connectivity index (χ0v) is 11.9. The molecule has 2 aromatic rings. The van der Waals surface area contributed by atoms with E-state index in [1.165, 1.54) is 5.56 Å². The molecule has 0 saturated heterocycles. The summed E-state index contributed by atoms with van der Waals surface area (Å²) >= 11 is 6.01. The summed E-state index contributed by atoms with van der Waals surface area (Å²) in [4.78, 5) is 17.8. The molecule has 21 heavy (non-hydrogen) atoms. The minimum Gasteiger partial charge on any atom is -0.478 e. The number of benzene rings is 1. The standard InChI is InChI=1S/C15H14ClN3O2/c16-12-8-11(7-6-10-4-2-1-3-5-10)19-14(18-9-17)13(12)15(20)21/h1-5,8-9H,6-7H2,(H,20,21)(H2,17,18,19). The first-order chi connectivity index (χ1) is 10.1. The number of carbonyl (C=O) groups is 1. The van der Waals surface area contributed by atoms with Crippen LogP contribution in [0, 0.1) is 5.41 Å². The van der Waals surface area contributed by atoms with E-state index in [4.69, 9.17) is 22.1 Å². The Kier molecular flexibility index (Phi) is 4.90. The Morgan fingerprint density at radius 2 is 2.05 bits per heavy atom. The van der Waals surface area contributed by atoms with Crippen LogP contribution in [0.25, 0.3) is 0 Å². The fraction of sp³-hybridized carbons (Fsp3) is 0.133. The van der Waals surface area contributed by atoms with Crippen molar-refractivity contribution >= 4 is 23.9 Å². The van der Waals surface area contributed by atoms with Crippen LogP contribution in [0.5, 0.6) is 0 Å². The van der Waals surface area contributed by atoms with Gasteiger partial charge in [0.2, 0.25) is 0 Å². The second-order valence-corrected chi connectivity index (χ2v) is 4.82. The van der Waals surface area contributed by atoms with E-state index in [0.29, 0.717) is 6.42 Å². The normalized spacial score (nSPS) is 11.4. The Balaban J connectivity index is 2.32. The molecule has 1 aromatic carbocycles. The Morgan fingerprint density at radius 1 is 1.33 bits per heavy atom. The number of H-pyrrole nitrogens is 1. The number of halogens is 1. The van der Waals surface area contributed by atoms with Gasteiger partial charge < -0.3 is 10.1 Å². The van der Waals surface area contributed by atoms with Crippen molar-refractivity contribution in [1.29, 1.82) is 5.41 Å². The quantitative estimate of drug-likeness (QED) is 0.585. The van der Waals surface area contributed by atoms with E-state index >= 15 is 0 Å². The van der Waals surface area contributed by atoms with Crippen LogP contribution >= 0.6 is 11.6 Å². The highest BCUT2D eigenvalue weighted by molar-refractivity contribution is 6.33. The highest BCUT2D eigenvalue weighted by Crippen LogP contribution is 2.14. The number of carboxylic acids is 1. The molecule has 1 heterocycles. The molecule has 0 fully saturated rings. The number of aromatic carboxylic acids is 1. The fourth-order valence-electron chi connectivity index (χ4n) is 2.01. The smallest absolute Gasteiger partial charge is 0.341 e. The molecule has 5 nitrogen and oxygen atoms in total. The Labute approximate surface area is 126 Å². The van der Waals surface area contributed by atoms with E-state index in [0.717, 1.165) is 18.5 Å². The molecule has 6 heteroatoms. The number of rotatable bonds is 5. The molecule has 0 aliphatic rings. The average Bonchev–Trinajstić information content (AvgIpc) is 2.46. The van der Waals surface area contributed by atoms with Gasteiger partial charge in [-0.2, -0.15) is 0 Å². The molecule has 3 N–H and O–H groups in total. The summed E-state index contributed by atoms with van der Waals surface area (Å²) in [5, 5.41) is 16.3. The van der Waals surface area contributed by atoms with Crippen molar-refractivity contribution in [2.24, 2.45) is 4.99 Å². The molecule has 0 bridgehead atoms. The molecule has 0 radical (unpaired) electrons. The fourth-order valence-corrected chi connectivity index (χ4v) is 2.31. The van der Waals surface area contributed by atoms with E-state index in [1.807, 2.05) is 30.3 Å². The first-order valence-electron chi connectivity index (χ1n) is 6.33. The van der Waals surface area contributed by atoms with Crippen LogP contribution in [-0.4, -0.2) is 22.4 Å². The lowest BCUT2D eigenvalue weighted by Crippen LogP contribution is -2.21. The van der Waals surface area contributed by atoms with Gasteiger partial charge in [0.05, 0.1) is 5.02 Å². The van der Waals surface area contributed by atoms with E-state index in [-0.39, 0.29) is 16.1 Å². The number of hydrogen-bond donors (Lipinski definition) is 3. The second kappa shape index (κ2) is 6.85. The summed E-state index contributed by atoms with van der Waals surface area (Å²) in [6, 6.07) is 11.5. The summed E-state index contributed by atoms with van der Waals surface area (Å²) in [5.41, 5.74) is 1.92. The number of carboxylic acid groups (broad SMARTS) is 1. The topological polar surface area (TPSA) is 89.3 Å². The third-order valence-corrected chi connectivity index (χ3v) is 3.29. The summed E-state index contributed by atoms with van der Waals surface area (Å²) < 4.78 is 0. The van der Waals surface area contributed by atoms with Gasteiger partial charge in [0, 0.05) is 5.69 Å². The largest absolute Gasteiger partial charge is 0.478 e. The van der Waals surface area contributed by atoms with Gasteiger partial charge in [-0.25, -0.2) is 9.79 Å². The number of aromatic nitrogens is 1. The number of nitrogens with zero attached hydrogens (tertiary/aromatic N) is 1. The number of hydrogen-bond acceptors (Lipinski definition) is 2. The molecule has 108 valence electrons. The zero-order chi connectivity index (χ0) is 15.2. The second-order valence-electron chi connectivity index (χ2n) is 4.42. The Hall–Kier alpha value is -2.40. The van der Waals surface area contributed by atoms with Gasteiger partial charge in [-0.3, -0.25) is 5.41 Å². The van der Waals surface area contributed by atoms with Crippen LogP contribution in [0.3, 0.4) is 0 Å². The van der Waals surface area contributed by atoms with Gasteiger partial charge in [-0.1, -0.05) is 41.9 Å². The number of aromatic amines is 1. The highest BCUT2D eigenvalue weighted by atomic mass is 35.5. The first kappa shape index (κ1) is 15.0. The lowest BCUT2D eigenvalue weighted by atomic mass is 10.1. The van der Waals surface area contributed by atoms with Crippen LogP contribution in [0.1, 0.15) is 21.6 Å². The van der Waals surface area contributed by atoms with Gasteiger partial charge in [0.1, 0.15) is 17.4 Å². The molecule has 0 unspecified atom stereocenters. The predicted molar refractivity (Wildman–Crippen MR) is 81.0 cm³/mol. The lowest BCUT2D eigenvalue weighted by molar-refractivity contribution is 0.0695. The first-order valence-corrected chi connectivity index (χ1v) is 6.71. The minimum absolute atomic E-state index is 0.0908. The third-order valence-electron chi connectivity index (χ3n) is 2.99. The lowest BCUT2D eigenvalue weighted by Gasteiger charge is -2.06. The molecule has 1 aromatic heterocycles. The van der Waals surface area contributed by atoms with Gasteiger partial charge >= 0.3 is 5.97 Å². The van der Waals surface area contributed by atoms with Gasteiger partial charge in [-0.05, 0) is 24.5 Å². The number of aryl methyl sites for hydroxylation is 2. The molecule has 2 rings (SSSR count). The molecule has 0 atom stereocenters. The van der Waals surface area contributed by atoms with Gasteiger partial charge in [-0.15, -0.1) is 0 Å². The van der Waals surface area contributed by atoms with Crippen LogP contribution < -0.4 is 5.49 Å². The molecule has 0 aliphatic heterocycles. The molecular weight excluding hydrogens is 290 g/mol. The van der Waals surface area contributed by atoms with Crippen LogP contribution in [0.4, 0.5) is 0 Å². The summed E-state index contributed by atoms with van der Waals surface area (Å²) in [5.74, 6) is -1.17. The Bertz CT molecular complexity index is 723. The van der Waals surface area contributed by atoms with Crippen molar-refractivity contribution in [3.05, 3.63) is 63.7 Å². The van der Waals surface area contributed by atoms with Crippen LogP contribution in [0.15, 0.2) is 41.4 Å². The Morgan fingerprint density at radius 3 is 2.67 bits per heavy atom. The summed E-state index contributed by atoms with van der Waals surface area (Å²) in [6.45, 7) is 0. The minimum atomic E-state index is -1.17. The highest BCUT2D eigenvalue weighted by Gasteiger charge is 2.13. The maximum Gasteiger partial charge on any atom is 0.341 e. The maximum atomic E-state index is 11.2. The SMILES string of the molecule is N=C/N=c1\[nH]c(CCc2ccccc2)cc(Cl)c1C(=O)O. The van der Waals surface area contributed by atoms with Crippen molar-refractivity contribution in [2.45, 2.75) is 12.8 Å². The van der Waals surface area contributed by atoms with E-state index < -0.39 is 5.97 Å². The number of nitrogens with one attached hydrogen (secondary N) is 2. The monoisotopic (exact) mass is 303 g/mol. The molecule has 0 aliphatic carbocycles. The maximum absolute atomic E-state index is 11.2. The molecule has 0 amide bonds. The van der Waals surface area contributed by atoms with Crippen molar-refractivity contribution in [3.8, 4) is 0 Å².